The Morgan fingerprint density at radius 3 is 2.44 bits per heavy atom. The van der Waals surface area contributed by atoms with E-state index in [9.17, 15) is 29.4 Å². The predicted octanol–water partition coefficient (Wildman–Crippen LogP) is 3.30. The Balaban J connectivity index is 1.79. The number of aliphatic carboxylic acids is 1. The van der Waals surface area contributed by atoms with Crippen LogP contribution < -0.4 is 10.7 Å². The van der Waals surface area contributed by atoms with Crippen molar-refractivity contribution >= 4 is 46.6 Å². The van der Waals surface area contributed by atoms with Gasteiger partial charge in [0.15, 0.2) is 0 Å². The first kappa shape index (κ1) is 24.9. The van der Waals surface area contributed by atoms with Gasteiger partial charge in [0, 0.05) is 12.1 Å². The van der Waals surface area contributed by atoms with Crippen molar-refractivity contribution in [3.63, 3.8) is 0 Å². The highest BCUT2D eigenvalue weighted by atomic mass is 35.5. The summed E-state index contributed by atoms with van der Waals surface area (Å²) in [6, 6.07) is 12.2. The molecule has 0 radical (unpaired) electrons. The highest BCUT2D eigenvalue weighted by Crippen LogP contribution is 2.22. The number of rotatable bonds is 8. The minimum atomic E-state index is -1.26. The van der Waals surface area contributed by atoms with Gasteiger partial charge in [-0.15, -0.1) is 11.3 Å². The third-order valence-electron chi connectivity index (χ3n) is 4.66. The van der Waals surface area contributed by atoms with Gasteiger partial charge in [-0.1, -0.05) is 29.8 Å². The third-order valence-corrected chi connectivity index (χ3v) is 5.83. The number of benzene rings is 2. The van der Waals surface area contributed by atoms with Gasteiger partial charge >= 0.3 is 5.97 Å². The lowest BCUT2D eigenvalue weighted by atomic mass is 10.1. The Kier molecular flexibility index (Phi) is 8.00. The number of hydrazine groups is 1. The number of halogens is 1. The molecule has 0 aliphatic rings. The van der Waals surface area contributed by atoms with Gasteiger partial charge in [0.2, 0.25) is 0 Å². The Morgan fingerprint density at radius 2 is 1.82 bits per heavy atom. The Bertz CT molecular complexity index is 1230. The van der Waals surface area contributed by atoms with Crippen molar-refractivity contribution in [1.29, 1.82) is 0 Å². The Morgan fingerprint density at radius 1 is 1.06 bits per heavy atom. The van der Waals surface area contributed by atoms with Crippen molar-refractivity contribution in [2.24, 2.45) is 0 Å². The predicted molar refractivity (Wildman–Crippen MR) is 126 cm³/mol. The lowest BCUT2D eigenvalue weighted by Gasteiger charge is -2.24. The highest BCUT2D eigenvalue weighted by molar-refractivity contribution is 7.12. The van der Waals surface area contributed by atoms with Crippen molar-refractivity contribution in [3.8, 4) is 5.75 Å². The number of hydrogen-bond acceptors (Lipinski definition) is 7. The van der Waals surface area contributed by atoms with Gasteiger partial charge in [-0.2, -0.15) is 0 Å². The zero-order valence-corrected chi connectivity index (χ0v) is 19.4. The van der Waals surface area contributed by atoms with Gasteiger partial charge in [-0.05, 0) is 54.3 Å². The average molecular weight is 502 g/mol. The standard InChI is InChI=1S/C23H20ClN3O6S/c1-13(23(32)33)26-27(22(31)19-6-3-9-34-19)21(30)17-8-7-15(11-18(17)24)20(29)25-12-14-4-2-5-16(28)10-14/h2-11,13,26,28H,12H2,1H3,(H,25,29)(H,32,33)/t13-/m0/s1. The number of carbonyl (C=O) groups is 4. The number of hydrogen-bond donors (Lipinski definition) is 4. The molecule has 176 valence electrons. The van der Waals surface area contributed by atoms with E-state index in [2.05, 4.69) is 10.7 Å². The molecular weight excluding hydrogens is 482 g/mol. The second-order valence-electron chi connectivity index (χ2n) is 7.16. The molecule has 0 fully saturated rings. The molecule has 0 unspecified atom stereocenters. The molecule has 0 spiro atoms. The van der Waals surface area contributed by atoms with E-state index >= 15 is 0 Å². The van der Waals surface area contributed by atoms with Gasteiger partial charge in [0.1, 0.15) is 11.8 Å². The number of aromatic hydroxyl groups is 1. The van der Waals surface area contributed by atoms with E-state index in [0.717, 1.165) is 11.3 Å². The molecule has 2 aromatic carbocycles. The van der Waals surface area contributed by atoms with E-state index in [1.807, 2.05) is 0 Å². The maximum Gasteiger partial charge on any atom is 0.322 e. The number of phenols is 1. The number of phenolic OH excluding ortho intramolecular Hbond substituents is 1. The lowest BCUT2D eigenvalue weighted by Crippen LogP contribution is -2.52. The molecule has 9 nitrogen and oxygen atoms in total. The van der Waals surface area contributed by atoms with Gasteiger partial charge in [0.25, 0.3) is 17.7 Å². The van der Waals surface area contributed by atoms with E-state index in [1.165, 1.54) is 43.3 Å². The van der Waals surface area contributed by atoms with Gasteiger partial charge in [0.05, 0.1) is 15.5 Å². The number of carboxylic acids is 1. The summed E-state index contributed by atoms with van der Waals surface area (Å²) in [5, 5.41) is 23.6. The number of carboxylic acid groups (broad SMARTS) is 1. The molecule has 3 amide bonds. The lowest BCUT2D eigenvalue weighted by molar-refractivity contribution is -0.139. The molecule has 0 bridgehead atoms. The molecule has 0 aliphatic carbocycles. The van der Waals surface area contributed by atoms with E-state index < -0.39 is 29.7 Å². The smallest absolute Gasteiger partial charge is 0.322 e. The zero-order chi connectivity index (χ0) is 24.8. The van der Waals surface area contributed by atoms with Crippen LogP contribution in [-0.2, 0) is 11.3 Å². The topological polar surface area (TPSA) is 136 Å². The molecule has 4 N–H and O–H groups in total. The Labute approximate surface area is 203 Å². The Hall–Kier alpha value is -3.73. The van der Waals surface area contributed by atoms with Crippen LogP contribution >= 0.6 is 22.9 Å². The molecule has 3 aromatic rings. The summed E-state index contributed by atoms with van der Waals surface area (Å²) in [6.45, 7) is 1.44. The fourth-order valence-electron chi connectivity index (χ4n) is 2.87. The van der Waals surface area contributed by atoms with Crippen LogP contribution in [0.3, 0.4) is 0 Å². The largest absolute Gasteiger partial charge is 0.508 e. The van der Waals surface area contributed by atoms with E-state index in [1.54, 1.807) is 23.6 Å². The summed E-state index contributed by atoms with van der Waals surface area (Å²) < 4.78 is 0. The quantitative estimate of drug-likeness (QED) is 0.274. The summed E-state index contributed by atoms with van der Waals surface area (Å²) in [6.07, 6.45) is 0. The van der Waals surface area contributed by atoms with Crippen molar-refractivity contribution < 1.29 is 29.4 Å². The van der Waals surface area contributed by atoms with Crippen LogP contribution in [0.25, 0.3) is 0 Å². The van der Waals surface area contributed by atoms with Crippen LogP contribution in [0.5, 0.6) is 5.75 Å². The van der Waals surface area contributed by atoms with Crippen molar-refractivity contribution in [1.82, 2.24) is 15.8 Å². The molecule has 34 heavy (non-hydrogen) atoms. The number of nitrogens with zero attached hydrogens (tertiary/aromatic N) is 1. The van der Waals surface area contributed by atoms with Crippen molar-refractivity contribution in [2.45, 2.75) is 19.5 Å². The fraction of sp³-hybridized carbons (Fsp3) is 0.130. The molecular formula is C23H20ClN3O6S. The fourth-order valence-corrected chi connectivity index (χ4v) is 3.78. The summed E-state index contributed by atoms with van der Waals surface area (Å²) in [5.74, 6) is -3.26. The summed E-state index contributed by atoms with van der Waals surface area (Å²) in [5.41, 5.74) is 3.16. The number of amides is 3. The second kappa shape index (κ2) is 10.9. The summed E-state index contributed by atoms with van der Waals surface area (Å²) in [4.78, 5) is 50.0. The molecule has 0 saturated carbocycles. The van der Waals surface area contributed by atoms with Crippen molar-refractivity contribution in [3.05, 3.63) is 86.6 Å². The summed E-state index contributed by atoms with van der Waals surface area (Å²) >= 11 is 7.36. The van der Waals surface area contributed by atoms with Gasteiger partial charge < -0.3 is 15.5 Å². The van der Waals surface area contributed by atoms with Gasteiger partial charge in [-0.3, -0.25) is 19.2 Å². The molecule has 1 heterocycles. The number of carbonyl (C=O) groups excluding carboxylic acids is 3. The SMILES string of the molecule is C[C@H](NN(C(=O)c1cccs1)C(=O)c1ccc(C(=O)NCc2cccc(O)c2)cc1Cl)C(=O)O. The molecule has 11 heteroatoms. The first-order valence-corrected chi connectivity index (χ1v) is 11.2. The van der Waals surface area contributed by atoms with E-state index in [4.69, 9.17) is 11.6 Å². The molecule has 1 atom stereocenters. The van der Waals surface area contributed by atoms with Crippen LogP contribution in [0.15, 0.2) is 60.0 Å². The summed E-state index contributed by atoms with van der Waals surface area (Å²) in [7, 11) is 0. The molecule has 0 saturated heterocycles. The minimum absolute atomic E-state index is 0.0742. The minimum Gasteiger partial charge on any atom is -0.508 e. The van der Waals surface area contributed by atoms with Crippen LogP contribution in [0.4, 0.5) is 0 Å². The van der Waals surface area contributed by atoms with Gasteiger partial charge in [-0.25, -0.2) is 10.4 Å². The third kappa shape index (κ3) is 5.98. The van der Waals surface area contributed by atoms with Crippen molar-refractivity contribution in [2.75, 3.05) is 0 Å². The molecule has 0 aliphatic heterocycles. The normalized spacial score (nSPS) is 11.5. The van der Waals surface area contributed by atoms with Crippen LogP contribution in [0.2, 0.25) is 5.02 Å². The highest BCUT2D eigenvalue weighted by Gasteiger charge is 2.29. The zero-order valence-electron chi connectivity index (χ0n) is 17.8. The number of thiophene rings is 1. The van der Waals surface area contributed by atoms with E-state index in [-0.39, 0.29) is 33.3 Å². The second-order valence-corrected chi connectivity index (χ2v) is 8.51. The maximum atomic E-state index is 13.1. The maximum absolute atomic E-state index is 13.1. The first-order valence-electron chi connectivity index (χ1n) is 9.94. The average Bonchev–Trinajstić information content (AvgIpc) is 3.35. The van der Waals surface area contributed by atoms with Crippen LogP contribution in [0, 0.1) is 0 Å². The van der Waals surface area contributed by atoms with Crippen LogP contribution in [0.1, 0.15) is 42.9 Å². The molecule has 3 rings (SSSR count). The number of imide groups is 1. The molecule has 1 aromatic heterocycles. The van der Waals surface area contributed by atoms with E-state index in [0.29, 0.717) is 10.6 Å². The number of nitrogens with one attached hydrogen (secondary N) is 2. The van der Waals surface area contributed by atoms with Crippen LogP contribution in [-0.4, -0.2) is 45.0 Å². The first-order chi connectivity index (χ1) is 16.2. The monoisotopic (exact) mass is 501 g/mol.